The molecule has 0 fully saturated rings. The number of carbonyl (C=O) groups is 1. The number of hydrogen-bond acceptors (Lipinski definition) is 2. The zero-order valence-corrected chi connectivity index (χ0v) is 13.8. The molecule has 0 unspecified atom stereocenters. The van der Waals surface area contributed by atoms with Gasteiger partial charge in [-0.3, -0.25) is 0 Å². The van der Waals surface area contributed by atoms with E-state index < -0.39 is 5.97 Å². The fourth-order valence-corrected chi connectivity index (χ4v) is 3.14. The number of aromatic nitrogens is 2. The molecule has 0 spiro atoms. The summed E-state index contributed by atoms with van der Waals surface area (Å²) in [5, 5.41) is 9.35. The number of aromatic amines is 1. The fourth-order valence-electron chi connectivity index (χ4n) is 2.88. The molecule has 4 aromatic rings. The Morgan fingerprint density at radius 1 is 0.960 bits per heavy atom. The van der Waals surface area contributed by atoms with E-state index in [1.807, 2.05) is 48.5 Å². The number of para-hydroxylation sites is 2. The van der Waals surface area contributed by atoms with Crippen molar-refractivity contribution in [2.75, 3.05) is 0 Å². The van der Waals surface area contributed by atoms with Crippen LogP contribution in [0.1, 0.15) is 10.4 Å². The molecule has 4 rings (SSSR count). The minimum Gasteiger partial charge on any atom is -0.478 e. The third kappa shape index (κ3) is 2.77. The summed E-state index contributed by atoms with van der Waals surface area (Å²) in [6, 6.07) is 20.6. The van der Waals surface area contributed by atoms with Crippen LogP contribution >= 0.6 is 11.6 Å². The Kier molecular flexibility index (Phi) is 3.75. The van der Waals surface area contributed by atoms with Gasteiger partial charge >= 0.3 is 5.97 Å². The second-order valence-electron chi connectivity index (χ2n) is 5.65. The summed E-state index contributed by atoms with van der Waals surface area (Å²) in [6.45, 7) is 0. The lowest BCUT2D eigenvalue weighted by Gasteiger charge is -2.09. The van der Waals surface area contributed by atoms with Crippen molar-refractivity contribution in [3.8, 4) is 22.5 Å². The van der Waals surface area contributed by atoms with Gasteiger partial charge in [-0.05, 0) is 35.4 Å². The molecule has 0 aliphatic heterocycles. The van der Waals surface area contributed by atoms with Gasteiger partial charge in [-0.1, -0.05) is 54.1 Å². The first-order valence-corrected chi connectivity index (χ1v) is 8.08. The predicted octanol–water partition coefficient (Wildman–Crippen LogP) is 5.25. The van der Waals surface area contributed by atoms with Crippen molar-refractivity contribution in [3.63, 3.8) is 0 Å². The van der Waals surface area contributed by atoms with Crippen LogP contribution in [0.25, 0.3) is 33.5 Å². The number of fused-ring (bicyclic) bond motifs is 1. The first kappa shape index (κ1) is 15.4. The monoisotopic (exact) mass is 348 g/mol. The molecule has 1 heterocycles. The number of rotatable bonds is 3. The van der Waals surface area contributed by atoms with Gasteiger partial charge in [-0.25, -0.2) is 9.78 Å². The lowest BCUT2D eigenvalue weighted by atomic mass is 9.98. The molecule has 0 atom stereocenters. The average Bonchev–Trinajstić information content (AvgIpc) is 3.05. The smallest absolute Gasteiger partial charge is 0.337 e. The van der Waals surface area contributed by atoms with E-state index in [-0.39, 0.29) is 10.6 Å². The maximum Gasteiger partial charge on any atom is 0.337 e. The number of aromatic carboxylic acids is 1. The van der Waals surface area contributed by atoms with Gasteiger partial charge in [-0.2, -0.15) is 0 Å². The van der Waals surface area contributed by atoms with Crippen molar-refractivity contribution >= 4 is 28.6 Å². The largest absolute Gasteiger partial charge is 0.478 e. The van der Waals surface area contributed by atoms with Crippen LogP contribution in [0.5, 0.6) is 0 Å². The van der Waals surface area contributed by atoms with Crippen molar-refractivity contribution in [1.82, 2.24) is 9.97 Å². The quantitative estimate of drug-likeness (QED) is 0.531. The Morgan fingerprint density at radius 2 is 1.68 bits per heavy atom. The molecule has 0 radical (unpaired) electrons. The minimum atomic E-state index is -1.04. The van der Waals surface area contributed by atoms with Crippen molar-refractivity contribution in [2.45, 2.75) is 0 Å². The van der Waals surface area contributed by atoms with Crippen molar-refractivity contribution < 1.29 is 9.90 Å². The third-order valence-corrected chi connectivity index (χ3v) is 4.39. The Balaban J connectivity index is 1.87. The summed E-state index contributed by atoms with van der Waals surface area (Å²) in [5.74, 6) is -0.280. The van der Waals surface area contributed by atoms with Crippen LogP contribution < -0.4 is 0 Å². The van der Waals surface area contributed by atoms with E-state index in [1.165, 1.54) is 6.07 Å². The van der Waals surface area contributed by atoms with Gasteiger partial charge in [0.25, 0.3) is 0 Å². The standard InChI is InChI=1S/C20H13ClN2O2/c21-16-11-12(9-10-15(16)20(24)25)13-5-1-2-6-14(13)19-22-17-7-3-4-8-18(17)23-19/h1-11H,(H,22,23)(H,24,25). The number of nitrogens with one attached hydrogen (secondary N) is 1. The molecule has 0 saturated carbocycles. The first-order valence-electron chi connectivity index (χ1n) is 7.71. The summed E-state index contributed by atoms with van der Waals surface area (Å²) in [7, 11) is 0. The van der Waals surface area contributed by atoms with Crippen LogP contribution in [0.4, 0.5) is 0 Å². The average molecular weight is 349 g/mol. The Bertz CT molecular complexity index is 1070. The first-order chi connectivity index (χ1) is 12.1. The Morgan fingerprint density at radius 3 is 2.40 bits per heavy atom. The number of carboxylic acids is 1. The van der Waals surface area contributed by atoms with Gasteiger partial charge in [0.05, 0.1) is 21.6 Å². The number of hydrogen-bond donors (Lipinski definition) is 2. The topological polar surface area (TPSA) is 66.0 Å². The third-order valence-electron chi connectivity index (χ3n) is 4.08. The molecular weight excluding hydrogens is 336 g/mol. The molecule has 4 nitrogen and oxygen atoms in total. The van der Waals surface area contributed by atoms with Gasteiger partial charge in [0.15, 0.2) is 0 Å². The number of carboxylic acid groups (broad SMARTS) is 1. The number of nitrogens with zero attached hydrogens (tertiary/aromatic N) is 1. The van der Waals surface area contributed by atoms with Gasteiger partial charge in [0.1, 0.15) is 5.82 Å². The number of halogens is 1. The molecule has 0 aliphatic rings. The SMILES string of the molecule is O=C(O)c1ccc(-c2ccccc2-c2nc3ccccc3[nH]2)cc1Cl. The molecule has 0 aliphatic carbocycles. The van der Waals surface area contributed by atoms with E-state index in [0.29, 0.717) is 0 Å². The van der Waals surface area contributed by atoms with Crippen molar-refractivity contribution in [1.29, 1.82) is 0 Å². The van der Waals surface area contributed by atoms with E-state index in [0.717, 1.165) is 33.5 Å². The van der Waals surface area contributed by atoms with Crippen LogP contribution in [-0.4, -0.2) is 21.0 Å². The molecule has 1 aromatic heterocycles. The summed E-state index contributed by atoms with van der Waals surface area (Å²) < 4.78 is 0. The van der Waals surface area contributed by atoms with Crippen LogP contribution in [0.2, 0.25) is 5.02 Å². The summed E-state index contributed by atoms with van der Waals surface area (Å²) in [6.07, 6.45) is 0. The minimum absolute atomic E-state index is 0.0895. The Hall–Kier alpha value is -3.11. The molecule has 0 bridgehead atoms. The van der Waals surface area contributed by atoms with Crippen LogP contribution in [0.3, 0.4) is 0 Å². The van der Waals surface area contributed by atoms with E-state index >= 15 is 0 Å². The maximum absolute atomic E-state index is 11.2. The van der Waals surface area contributed by atoms with E-state index in [2.05, 4.69) is 9.97 Å². The summed E-state index contributed by atoms with van der Waals surface area (Å²) in [4.78, 5) is 19.1. The van der Waals surface area contributed by atoms with Crippen molar-refractivity contribution in [2.24, 2.45) is 0 Å². The lowest BCUT2D eigenvalue weighted by Crippen LogP contribution is -1.97. The van der Waals surface area contributed by atoms with Gasteiger partial charge in [0.2, 0.25) is 0 Å². The highest BCUT2D eigenvalue weighted by atomic mass is 35.5. The number of benzene rings is 3. The predicted molar refractivity (Wildman–Crippen MR) is 98.9 cm³/mol. The van der Waals surface area contributed by atoms with Gasteiger partial charge < -0.3 is 10.1 Å². The lowest BCUT2D eigenvalue weighted by molar-refractivity contribution is 0.0697. The molecule has 3 aromatic carbocycles. The van der Waals surface area contributed by atoms with Gasteiger partial charge in [-0.15, -0.1) is 0 Å². The highest BCUT2D eigenvalue weighted by Crippen LogP contribution is 2.33. The van der Waals surface area contributed by atoms with Crippen molar-refractivity contribution in [3.05, 3.63) is 77.3 Å². The maximum atomic E-state index is 11.2. The zero-order chi connectivity index (χ0) is 17.4. The molecule has 0 saturated heterocycles. The Labute approximate surface area is 148 Å². The van der Waals surface area contributed by atoms with E-state index in [9.17, 15) is 4.79 Å². The molecule has 122 valence electrons. The van der Waals surface area contributed by atoms with Crippen LogP contribution in [0.15, 0.2) is 66.7 Å². The van der Waals surface area contributed by atoms with Crippen LogP contribution in [0, 0.1) is 0 Å². The number of imidazole rings is 1. The van der Waals surface area contributed by atoms with E-state index in [1.54, 1.807) is 12.1 Å². The number of H-pyrrole nitrogens is 1. The molecule has 0 amide bonds. The second kappa shape index (κ2) is 6.07. The highest BCUT2D eigenvalue weighted by molar-refractivity contribution is 6.33. The van der Waals surface area contributed by atoms with E-state index in [4.69, 9.17) is 16.7 Å². The molecule has 5 heteroatoms. The molecule has 25 heavy (non-hydrogen) atoms. The summed E-state index contributed by atoms with van der Waals surface area (Å²) >= 11 is 6.13. The fraction of sp³-hybridized carbons (Fsp3) is 0. The van der Waals surface area contributed by atoms with Crippen LogP contribution in [-0.2, 0) is 0 Å². The zero-order valence-electron chi connectivity index (χ0n) is 13.0. The summed E-state index contributed by atoms with van der Waals surface area (Å²) in [5.41, 5.74) is 4.65. The second-order valence-corrected chi connectivity index (χ2v) is 6.06. The molecule has 2 N–H and O–H groups in total. The normalized spacial score (nSPS) is 10.9. The molecular formula is C20H13ClN2O2. The van der Waals surface area contributed by atoms with Gasteiger partial charge in [0, 0.05) is 5.56 Å². The highest BCUT2D eigenvalue weighted by Gasteiger charge is 2.14.